The number of hydrogen-bond donors (Lipinski definition) is 2. The van der Waals surface area contributed by atoms with Gasteiger partial charge in [-0.25, -0.2) is 5.84 Å². The molecule has 5 nitrogen and oxygen atoms in total. The van der Waals surface area contributed by atoms with Gasteiger partial charge in [0.2, 0.25) is 0 Å². The maximum absolute atomic E-state index is 10.5. The Hall–Kier alpha value is -0.650. The Bertz CT molecular complexity index is 118. The van der Waals surface area contributed by atoms with E-state index in [0.29, 0.717) is 6.61 Å². The Labute approximate surface area is 65.8 Å². The predicted octanol–water partition coefficient (Wildman–Crippen LogP) is -0.972. The Morgan fingerprint density at radius 3 is 2.82 bits per heavy atom. The maximum atomic E-state index is 10.5. The van der Waals surface area contributed by atoms with E-state index in [-0.39, 0.29) is 18.6 Å². The van der Waals surface area contributed by atoms with E-state index in [2.05, 4.69) is 0 Å². The van der Waals surface area contributed by atoms with E-state index < -0.39 is 0 Å². The van der Waals surface area contributed by atoms with Gasteiger partial charge in [0.05, 0.1) is 12.7 Å². The zero-order valence-corrected chi connectivity index (χ0v) is 6.79. The monoisotopic (exact) mass is 162 g/mol. The third-order valence-electron chi connectivity index (χ3n) is 1.06. The molecule has 0 aromatic heterocycles. The second kappa shape index (κ2) is 6.09. The van der Waals surface area contributed by atoms with E-state index >= 15 is 0 Å². The first-order valence-electron chi connectivity index (χ1n) is 3.30. The van der Waals surface area contributed by atoms with Crippen molar-refractivity contribution in [3.05, 3.63) is 0 Å². The van der Waals surface area contributed by atoms with Crippen molar-refractivity contribution in [2.24, 2.45) is 5.84 Å². The first-order chi connectivity index (χ1) is 5.20. The highest BCUT2D eigenvalue weighted by atomic mass is 16.5. The predicted molar refractivity (Wildman–Crippen MR) is 39.6 cm³/mol. The van der Waals surface area contributed by atoms with Crippen molar-refractivity contribution in [1.82, 2.24) is 5.43 Å². The summed E-state index contributed by atoms with van der Waals surface area (Å²) in [5.74, 6) is 4.48. The lowest BCUT2D eigenvalue weighted by Gasteiger charge is -2.10. The molecule has 0 rings (SSSR count). The quantitative estimate of drug-likeness (QED) is 0.310. The molecule has 3 N–H and O–H groups in total. The average molecular weight is 162 g/mol. The Morgan fingerprint density at radius 1 is 1.73 bits per heavy atom. The second-order valence-electron chi connectivity index (χ2n) is 2.14. The van der Waals surface area contributed by atoms with Gasteiger partial charge in [0.15, 0.2) is 0 Å². The zero-order valence-electron chi connectivity index (χ0n) is 6.79. The molecule has 0 bridgehead atoms. The first-order valence-corrected chi connectivity index (χ1v) is 3.30. The molecule has 66 valence electrons. The van der Waals surface area contributed by atoms with Gasteiger partial charge in [0, 0.05) is 7.11 Å². The number of hydrogen-bond acceptors (Lipinski definition) is 4. The zero-order chi connectivity index (χ0) is 8.69. The van der Waals surface area contributed by atoms with E-state index in [0.717, 1.165) is 0 Å². The normalized spacial score (nSPS) is 12.6. The lowest BCUT2D eigenvalue weighted by molar-refractivity contribution is -0.128. The summed E-state index contributed by atoms with van der Waals surface area (Å²) in [7, 11) is 1.57. The standard InChI is InChI=1S/C6H14N2O3/c1-5(3-10-2)11-4-6(9)8-7/h5H,3-4,7H2,1-2H3,(H,8,9). The highest BCUT2D eigenvalue weighted by Crippen LogP contribution is 1.89. The summed E-state index contributed by atoms with van der Waals surface area (Å²) >= 11 is 0. The smallest absolute Gasteiger partial charge is 0.259 e. The molecule has 0 radical (unpaired) electrons. The van der Waals surface area contributed by atoms with Crippen LogP contribution in [0.5, 0.6) is 0 Å². The minimum Gasteiger partial charge on any atom is -0.382 e. The SMILES string of the molecule is COCC(C)OCC(=O)NN. The Balaban J connectivity index is 3.29. The van der Waals surface area contributed by atoms with Crippen molar-refractivity contribution >= 4 is 5.91 Å². The van der Waals surface area contributed by atoms with Crippen LogP contribution in [-0.2, 0) is 14.3 Å². The van der Waals surface area contributed by atoms with E-state index in [9.17, 15) is 4.79 Å². The summed E-state index contributed by atoms with van der Waals surface area (Å²) in [6.45, 7) is 2.26. The number of rotatable bonds is 5. The number of nitrogens with two attached hydrogens (primary N) is 1. The minimum atomic E-state index is -0.340. The highest BCUT2D eigenvalue weighted by Gasteiger charge is 2.03. The summed E-state index contributed by atoms with van der Waals surface area (Å²) in [6.07, 6.45) is -0.0858. The molecule has 5 heteroatoms. The molecule has 1 amide bonds. The molecule has 0 aliphatic rings. The van der Waals surface area contributed by atoms with Crippen LogP contribution in [0.25, 0.3) is 0 Å². The molecule has 1 atom stereocenters. The molecule has 0 aromatic rings. The van der Waals surface area contributed by atoms with Crippen LogP contribution in [0.3, 0.4) is 0 Å². The minimum absolute atomic E-state index is 0.0268. The van der Waals surface area contributed by atoms with Gasteiger partial charge >= 0.3 is 0 Å². The van der Waals surface area contributed by atoms with Crippen LogP contribution in [0, 0.1) is 0 Å². The molecule has 0 aliphatic carbocycles. The molecule has 11 heavy (non-hydrogen) atoms. The van der Waals surface area contributed by atoms with E-state index in [1.54, 1.807) is 7.11 Å². The number of nitrogens with one attached hydrogen (secondary N) is 1. The van der Waals surface area contributed by atoms with E-state index in [4.69, 9.17) is 15.3 Å². The van der Waals surface area contributed by atoms with Crippen molar-refractivity contribution in [1.29, 1.82) is 0 Å². The lowest BCUT2D eigenvalue weighted by atomic mass is 10.4. The van der Waals surface area contributed by atoms with Gasteiger partial charge in [-0.2, -0.15) is 0 Å². The number of amides is 1. The van der Waals surface area contributed by atoms with Gasteiger partial charge in [-0.05, 0) is 6.92 Å². The van der Waals surface area contributed by atoms with Crippen LogP contribution in [-0.4, -0.2) is 32.3 Å². The average Bonchev–Trinajstić information content (AvgIpc) is 2.01. The first kappa shape index (κ1) is 10.3. The summed E-state index contributed by atoms with van der Waals surface area (Å²) in [5, 5.41) is 0. The van der Waals surface area contributed by atoms with Crippen molar-refractivity contribution in [3.8, 4) is 0 Å². The summed E-state index contributed by atoms with van der Waals surface area (Å²) < 4.78 is 9.80. The summed E-state index contributed by atoms with van der Waals surface area (Å²) in [6, 6.07) is 0. The molecule has 0 heterocycles. The number of carbonyl (C=O) groups excluding carboxylic acids is 1. The fourth-order valence-corrected chi connectivity index (χ4v) is 0.542. The third-order valence-corrected chi connectivity index (χ3v) is 1.06. The fraction of sp³-hybridized carbons (Fsp3) is 0.833. The topological polar surface area (TPSA) is 73.6 Å². The van der Waals surface area contributed by atoms with Crippen molar-refractivity contribution in [2.45, 2.75) is 13.0 Å². The van der Waals surface area contributed by atoms with Crippen LogP contribution in [0.2, 0.25) is 0 Å². The third kappa shape index (κ3) is 5.78. The molecule has 0 spiro atoms. The van der Waals surface area contributed by atoms with Crippen molar-refractivity contribution < 1.29 is 14.3 Å². The van der Waals surface area contributed by atoms with Crippen molar-refractivity contribution in [2.75, 3.05) is 20.3 Å². The maximum Gasteiger partial charge on any atom is 0.259 e. The molecule has 1 unspecified atom stereocenters. The Kier molecular flexibility index (Phi) is 5.73. The van der Waals surface area contributed by atoms with Crippen LogP contribution in [0.15, 0.2) is 0 Å². The lowest BCUT2D eigenvalue weighted by Crippen LogP contribution is -2.34. The fourth-order valence-electron chi connectivity index (χ4n) is 0.542. The van der Waals surface area contributed by atoms with Gasteiger partial charge < -0.3 is 9.47 Å². The highest BCUT2D eigenvalue weighted by molar-refractivity contribution is 5.76. The largest absolute Gasteiger partial charge is 0.382 e. The molecular formula is C6H14N2O3. The molecular weight excluding hydrogens is 148 g/mol. The van der Waals surface area contributed by atoms with Crippen LogP contribution >= 0.6 is 0 Å². The van der Waals surface area contributed by atoms with Crippen LogP contribution in [0.4, 0.5) is 0 Å². The summed E-state index contributed by atoms with van der Waals surface area (Å²) in [4.78, 5) is 10.5. The van der Waals surface area contributed by atoms with Gasteiger partial charge in [-0.3, -0.25) is 10.2 Å². The van der Waals surface area contributed by atoms with Gasteiger partial charge in [0.1, 0.15) is 6.61 Å². The summed E-state index contributed by atoms with van der Waals surface area (Å²) in [5.41, 5.74) is 1.96. The molecule has 0 aliphatic heterocycles. The second-order valence-corrected chi connectivity index (χ2v) is 2.14. The number of ether oxygens (including phenoxy) is 2. The van der Waals surface area contributed by atoms with E-state index in [1.807, 2.05) is 12.3 Å². The Morgan fingerprint density at radius 2 is 2.36 bits per heavy atom. The molecule has 0 aromatic carbocycles. The van der Waals surface area contributed by atoms with Gasteiger partial charge in [-0.15, -0.1) is 0 Å². The molecule has 0 saturated heterocycles. The number of methoxy groups -OCH3 is 1. The van der Waals surface area contributed by atoms with Gasteiger partial charge in [-0.1, -0.05) is 0 Å². The van der Waals surface area contributed by atoms with Crippen LogP contribution in [0.1, 0.15) is 6.92 Å². The van der Waals surface area contributed by atoms with Gasteiger partial charge in [0.25, 0.3) is 5.91 Å². The molecule has 0 fully saturated rings. The van der Waals surface area contributed by atoms with E-state index in [1.165, 1.54) is 0 Å². The number of hydrazine groups is 1. The van der Waals surface area contributed by atoms with Crippen molar-refractivity contribution in [3.63, 3.8) is 0 Å². The molecule has 0 saturated carbocycles. The van der Waals surface area contributed by atoms with Crippen LogP contribution < -0.4 is 11.3 Å². The number of carbonyl (C=O) groups is 1.